The van der Waals surface area contributed by atoms with Crippen LogP contribution in [0.3, 0.4) is 0 Å². The fourth-order valence-electron chi connectivity index (χ4n) is 1.30. The number of aliphatic carboxylic acids is 1. The van der Waals surface area contributed by atoms with Gasteiger partial charge in [0.05, 0.1) is 20.8 Å². The van der Waals surface area contributed by atoms with Gasteiger partial charge in [-0.25, -0.2) is 4.98 Å². The van der Waals surface area contributed by atoms with E-state index in [-0.39, 0.29) is 18.7 Å². The third-order valence-electron chi connectivity index (χ3n) is 2.14. The van der Waals surface area contributed by atoms with E-state index in [4.69, 9.17) is 5.11 Å². The Labute approximate surface area is 125 Å². The summed E-state index contributed by atoms with van der Waals surface area (Å²) in [5.74, 6) is -1.32. The second kappa shape index (κ2) is 6.27. The number of hydrogen-bond donors (Lipinski definition) is 2. The number of hydrogen-bond acceptors (Lipinski definition) is 5. The minimum Gasteiger partial charge on any atom is -0.481 e. The summed E-state index contributed by atoms with van der Waals surface area (Å²) < 4.78 is 1.02. The highest BCUT2D eigenvalue weighted by molar-refractivity contribution is 9.11. The fourth-order valence-corrected chi connectivity index (χ4v) is 3.45. The van der Waals surface area contributed by atoms with Crippen LogP contribution in [0.25, 0.3) is 10.6 Å². The second-order valence-corrected chi connectivity index (χ2v) is 6.90. The molecule has 0 unspecified atom stereocenters. The van der Waals surface area contributed by atoms with E-state index in [9.17, 15) is 9.59 Å². The molecule has 2 rings (SSSR count). The first-order valence-electron chi connectivity index (χ1n) is 5.27. The van der Waals surface area contributed by atoms with Gasteiger partial charge in [-0.3, -0.25) is 9.59 Å². The Bertz CT molecular complexity index is 609. The number of carboxylic acids is 1. The predicted molar refractivity (Wildman–Crippen MR) is 78.6 cm³/mol. The first kappa shape index (κ1) is 14.2. The van der Waals surface area contributed by atoms with Crippen molar-refractivity contribution in [2.75, 3.05) is 5.32 Å². The summed E-state index contributed by atoms with van der Waals surface area (Å²) in [6.45, 7) is 0. The van der Waals surface area contributed by atoms with E-state index in [1.54, 1.807) is 11.3 Å². The molecule has 0 radical (unpaired) electrons. The SMILES string of the molecule is O=C(O)CCC(=O)Nc1nc(-c2ccc(Br)s2)cs1. The summed E-state index contributed by atoms with van der Waals surface area (Å²) in [4.78, 5) is 27.1. The van der Waals surface area contributed by atoms with Gasteiger partial charge in [0.1, 0.15) is 0 Å². The zero-order valence-electron chi connectivity index (χ0n) is 9.55. The molecule has 19 heavy (non-hydrogen) atoms. The number of aromatic nitrogens is 1. The first-order chi connectivity index (χ1) is 9.04. The van der Waals surface area contributed by atoms with Crippen LogP contribution >= 0.6 is 38.6 Å². The Morgan fingerprint density at radius 3 is 2.79 bits per heavy atom. The van der Waals surface area contributed by atoms with Crippen LogP contribution in [0.1, 0.15) is 12.8 Å². The zero-order chi connectivity index (χ0) is 13.8. The number of carbonyl (C=O) groups is 2. The molecule has 2 aromatic rings. The summed E-state index contributed by atoms with van der Waals surface area (Å²) in [6.07, 6.45) is -0.225. The lowest BCUT2D eigenvalue weighted by atomic mass is 10.3. The molecule has 0 aliphatic heterocycles. The Balaban J connectivity index is 1.97. The van der Waals surface area contributed by atoms with Crippen LogP contribution in [0.15, 0.2) is 21.3 Å². The lowest BCUT2D eigenvalue weighted by Crippen LogP contribution is -2.12. The second-order valence-electron chi connectivity index (χ2n) is 3.58. The van der Waals surface area contributed by atoms with E-state index in [0.29, 0.717) is 5.13 Å². The number of halogens is 1. The number of nitrogens with zero attached hydrogens (tertiary/aromatic N) is 1. The predicted octanol–water partition coefficient (Wildman–Crippen LogP) is 3.44. The molecule has 0 saturated carbocycles. The maximum absolute atomic E-state index is 11.5. The van der Waals surface area contributed by atoms with Gasteiger partial charge in [0.2, 0.25) is 5.91 Å². The number of carbonyl (C=O) groups excluding carboxylic acids is 1. The van der Waals surface area contributed by atoms with Gasteiger partial charge in [0.15, 0.2) is 5.13 Å². The normalized spacial score (nSPS) is 10.4. The van der Waals surface area contributed by atoms with Crippen molar-refractivity contribution in [3.63, 3.8) is 0 Å². The molecule has 0 spiro atoms. The monoisotopic (exact) mass is 360 g/mol. The third-order valence-corrected chi connectivity index (χ3v) is 4.55. The molecule has 1 amide bonds. The van der Waals surface area contributed by atoms with E-state index in [1.165, 1.54) is 11.3 Å². The van der Waals surface area contributed by atoms with Crippen molar-refractivity contribution in [1.29, 1.82) is 0 Å². The Morgan fingerprint density at radius 2 is 2.16 bits per heavy atom. The molecular formula is C11H9BrN2O3S2. The number of carboxylic acid groups (broad SMARTS) is 1. The average molecular weight is 361 g/mol. The smallest absolute Gasteiger partial charge is 0.303 e. The van der Waals surface area contributed by atoms with Crippen LogP contribution in [0.4, 0.5) is 5.13 Å². The minimum absolute atomic E-state index is 0.0468. The Kier molecular flexibility index (Phi) is 4.67. The molecule has 5 nitrogen and oxygen atoms in total. The maximum atomic E-state index is 11.5. The largest absolute Gasteiger partial charge is 0.481 e. The lowest BCUT2D eigenvalue weighted by Gasteiger charge is -1.98. The molecule has 2 N–H and O–H groups in total. The molecule has 8 heteroatoms. The molecule has 0 fully saturated rings. The quantitative estimate of drug-likeness (QED) is 0.855. The molecular weight excluding hydrogens is 352 g/mol. The highest BCUT2D eigenvalue weighted by atomic mass is 79.9. The Morgan fingerprint density at radius 1 is 1.37 bits per heavy atom. The Hall–Kier alpha value is -1.25. The van der Waals surface area contributed by atoms with E-state index in [0.717, 1.165) is 14.4 Å². The molecule has 0 aliphatic carbocycles. The van der Waals surface area contributed by atoms with Gasteiger partial charge in [-0.05, 0) is 28.1 Å². The average Bonchev–Trinajstić information content (AvgIpc) is 2.95. The summed E-state index contributed by atoms with van der Waals surface area (Å²) in [6, 6.07) is 3.88. The molecule has 0 bridgehead atoms. The molecule has 0 saturated heterocycles. The highest BCUT2D eigenvalue weighted by Gasteiger charge is 2.10. The van der Waals surface area contributed by atoms with Crippen molar-refractivity contribution in [1.82, 2.24) is 4.98 Å². The van der Waals surface area contributed by atoms with Crippen LogP contribution in [0, 0.1) is 0 Å². The van der Waals surface area contributed by atoms with Crippen LogP contribution in [-0.2, 0) is 9.59 Å². The van der Waals surface area contributed by atoms with Gasteiger partial charge in [-0.15, -0.1) is 22.7 Å². The standard InChI is InChI=1S/C11H9BrN2O3S2/c12-8-2-1-7(19-8)6-5-18-11(13-6)14-9(15)3-4-10(16)17/h1-2,5H,3-4H2,(H,16,17)(H,13,14,15). The summed E-state index contributed by atoms with van der Waals surface area (Å²) in [5.41, 5.74) is 0.800. The van der Waals surface area contributed by atoms with Crippen LogP contribution in [0.5, 0.6) is 0 Å². The zero-order valence-corrected chi connectivity index (χ0v) is 12.8. The van der Waals surface area contributed by atoms with Gasteiger partial charge >= 0.3 is 5.97 Å². The lowest BCUT2D eigenvalue weighted by molar-refractivity contribution is -0.138. The van der Waals surface area contributed by atoms with Crippen molar-refractivity contribution in [2.24, 2.45) is 0 Å². The molecule has 0 aromatic carbocycles. The molecule has 2 aromatic heterocycles. The van der Waals surface area contributed by atoms with E-state index < -0.39 is 5.97 Å². The first-order valence-corrected chi connectivity index (χ1v) is 7.76. The van der Waals surface area contributed by atoms with E-state index in [1.807, 2.05) is 17.5 Å². The van der Waals surface area contributed by atoms with Crippen LogP contribution < -0.4 is 5.32 Å². The van der Waals surface area contributed by atoms with Crippen LogP contribution in [-0.4, -0.2) is 22.0 Å². The van der Waals surface area contributed by atoms with Crippen molar-refractivity contribution < 1.29 is 14.7 Å². The van der Waals surface area contributed by atoms with Crippen LogP contribution in [0.2, 0.25) is 0 Å². The molecule has 0 aliphatic rings. The summed E-state index contributed by atoms with van der Waals surface area (Å²) >= 11 is 6.25. The van der Waals surface area contributed by atoms with Crippen molar-refractivity contribution in [3.8, 4) is 10.6 Å². The van der Waals surface area contributed by atoms with Gasteiger partial charge in [-0.1, -0.05) is 0 Å². The summed E-state index contributed by atoms with van der Waals surface area (Å²) in [5, 5.41) is 13.4. The number of amides is 1. The fraction of sp³-hybridized carbons (Fsp3) is 0.182. The number of anilines is 1. The van der Waals surface area contributed by atoms with Crippen molar-refractivity contribution in [3.05, 3.63) is 21.3 Å². The van der Waals surface area contributed by atoms with Gasteiger partial charge in [-0.2, -0.15) is 0 Å². The topological polar surface area (TPSA) is 79.3 Å². The van der Waals surface area contributed by atoms with E-state index in [2.05, 4.69) is 26.2 Å². The number of thiazole rings is 1. The number of thiophene rings is 1. The van der Waals surface area contributed by atoms with Gasteiger partial charge in [0.25, 0.3) is 0 Å². The van der Waals surface area contributed by atoms with Gasteiger partial charge < -0.3 is 10.4 Å². The third kappa shape index (κ3) is 4.12. The minimum atomic E-state index is -0.988. The highest BCUT2D eigenvalue weighted by Crippen LogP contribution is 2.33. The molecule has 100 valence electrons. The van der Waals surface area contributed by atoms with E-state index >= 15 is 0 Å². The number of nitrogens with one attached hydrogen (secondary N) is 1. The van der Waals surface area contributed by atoms with Gasteiger partial charge in [0, 0.05) is 11.8 Å². The van der Waals surface area contributed by atoms with Crippen molar-refractivity contribution in [2.45, 2.75) is 12.8 Å². The molecule has 0 atom stereocenters. The summed E-state index contributed by atoms with van der Waals surface area (Å²) in [7, 11) is 0. The maximum Gasteiger partial charge on any atom is 0.303 e. The number of rotatable bonds is 5. The van der Waals surface area contributed by atoms with Crippen molar-refractivity contribution >= 4 is 55.6 Å². The molecule has 2 heterocycles.